The van der Waals surface area contributed by atoms with E-state index in [0.717, 1.165) is 12.4 Å². The van der Waals surface area contributed by atoms with Crippen molar-refractivity contribution in [3.8, 4) is 16.9 Å². The molecule has 0 bridgehead atoms. The molecule has 4 rings (SSSR count). The van der Waals surface area contributed by atoms with Crippen molar-refractivity contribution < 1.29 is 17.9 Å². The Kier molecular flexibility index (Phi) is 5.34. The molecule has 9 heteroatoms. The molecule has 1 aliphatic heterocycles. The number of fused-ring (bicyclic) bond motifs is 1. The van der Waals surface area contributed by atoms with Crippen molar-refractivity contribution in [3.05, 3.63) is 42.7 Å². The molecule has 1 saturated heterocycles. The summed E-state index contributed by atoms with van der Waals surface area (Å²) in [6.45, 7) is 0.863. The zero-order chi connectivity index (χ0) is 19.6. The van der Waals surface area contributed by atoms with E-state index < -0.39 is 6.36 Å². The van der Waals surface area contributed by atoms with Gasteiger partial charge in [-0.2, -0.15) is 16.9 Å². The number of anilines is 1. The second kappa shape index (κ2) is 7.90. The molecule has 0 aliphatic carbocycles. The molecule has 1 aliphatic rings. The molecule has 0 unspecified atom stereocenters. The lowest BCUT2D eigenvalue weighted by atomic mass is 10.0. The smallest absolute Gasteiger partial charge is 0.406 e. The Balaban J connectivity index is 1.57. The molecule has 1 fully saturated rings. The summed E-state index contributed by atoms with van der Waals surface area (Å²) in [4.78, 5) is 4.62. The van der Waals surface area contributed by atoms with Crippen LogP contribution in [0.3, 0.4) is 0 Å². The summed E-state index contributed by atoms with van der Waals surface area (Å²) < 4.78 is 43.1. The number of hydrogen-bond donors (Lipinski definition) is 1. The topological polar surface area (TPSA) is 51.5 Å². The highest BCUT2D eigenvalue weighted by Gasteiger charge is 2.31. The quantitative estimate of drug-likeness (QED) is 0.654. The van der Waals surface area contributed by atoms with Gasteiger partial charge in [0.15, 0.2) is 5.65 Å². The molecule has 0 radical (unpaired) electrons. The van der Waals surface area contributed by atoms with Gasteiger partial charge in [-0.1, -0.05) is 12.1 Å². The van der Waals surface area contributed by atoms with Crippen LogP contribution in [0, 0.1) is 5.92 Å². The molecule has 1 aromatic carbocycles. The van der Waals surface area contributed by atoms with E-state index in [9.17, 15) is 13.2 Å². The average molecular weight is 408 g/mol. The van der Waals surface area contributed by atoms with Crippen LogP contribution in [0.15, 0.2) is 42.7 Å². The van der Waals surface area contributed by atoms with Crippen molar-refractivity contribution in [1.82, 2.24) is 14.6 Å². The van der Waals surface area contributed by atoms with Gasteiger partial charge in [-0.05, 0) is 54.0 Å². The van der Waals surface area contributed by atoms with Crippen LogP contribution >= 0.6 is 11.8 Å². The lowest BCUT2D eigenvalue weighted by Crippen LogP contribution is -2.19. The Morgan fingerprint density at radius 1 is 1.21 bits per heavy atom. The van der Waals surface area contributed by atoms with E-state index in [2.05, 4.69) is 20.1 Å². The van der Waals surface area contributed by atoms with Crippen molar-refractivity contribution in [2.24, 2.45) is 5.92 Å². The summed E-state index contributed by atoms with van der Waals surface area (Å²) in [6.07, 6.45) is 1.05. The number of alkyl halides is 3. The van der Waals surface area contributed by atoms with Crippen LogP contribution in [0.25, 0.3) is 16.8 Å². The van der Waals surface area contributed by atoms with E-state index in [1.165, 1.54) is 42.5 Å². The molecule has 5 nitrogen and oxygen atoms in total. The summed E-state index contributed by atoms with van der Waals surface area (Å²) >= 11 is 1.99. The van der Waals surface area contributed by atoms with Crippen LogP contribution in [-0.4, -0.2) is 39.0 Å². The van der Waals surface area contributed by atoms with Crippen LogP contribution in [0.2, 0.25) is 0 Å². The summed E-state index contributed by atoms with van der Waals surface area (Å²) in [5.74, 6) is 3.49. The van der Waals surface area contributed by atoms with Gasteiger partial charge in [-0.3, -0.25) is 0 Å². The van der Waals surface area contributed by atoms with Gasteiger partial charge in [0.2, 0.25) is 0 Å². The number of aromatic nitrogens is 3. The molecule has 1 N–H and O–H groups in total. The number of hydrogen-bond acceptors (Lipinski definition) is 5. The summed E-state index contributed by atoms with van der Waals surface area (Å²) in [7, 11) is 0. The molecule has 0 spiro atoms. The first-order valence-corrected chi connectivity index (χ1v) is 10.2. The summed E-state index contributed by atoms with van der Waals surface area (Å²) in [5.41, 5.74) is 1.78. The second-order valence-electron chi connectivity index (χ2n) is 6.65. The molecular formula is C19H19F3N4OS. The van der Waals surface area contributed by atoms with Gasteiger partial charge < -0.3 is 10.1 Å². The fourth-order valence-electron chi connectivity index (χ4n) is 3.23. The fourth-order valence-corrected chi connectivity index (χ4v) is 4.44. The van der Waals surface area contributed by atoms with Crippen LogP contribution in [0.1, 0.15) is 12.8 Å². The first kappa shape index (κ1) is 18.9. The number of benzene rings is 1. The van der Waals surface area contributed by atoms with Gasteiger partial charge in [0.25, 0.3) is 0 Å². The molecular weight excluding hydrogens is 389 g/mol. The number of nitrogens with one attached hydrogen (secondary N) is 1. The predicted molar refractivity (Wildman–Crippen MR) is 104 cm³/mol. The predicted octanol–water partition coefficient (Wildman–Crippen LogP) is 4.85. The number of thioether (sulfide) groups is 1. The minimum absolute atomic E-state index is 0.270. The Hall–Kier alpha value is -2.42. The molecule has 0 atom stereocenters. The van der Waals surface area contributed by atoms with Crippen molar-refractivity contribution in [3.63, 3.8) is 0 Å². The van der Waals surface area contributed by atoms with Crippen LogP contribution in [0.4, 0.5) is 19.0 Å². The Morgan fingerprint density at radius 2 is 2.04 bits per heavy atom. The molecule has 28 heavy (non-hydrogen) atoms. The molecule has 0 amide bonds. The normalized spacial score (nSPS) is 15.7. The Morgan fingerprint density at radius 3 is 2.82 bits per heavy atom. The van der Waals surface area contributed by atoms with Gasteiger partial charge in [0.05, 0.1) is 6.20 Å². The average Bonchev–Trinajstić information content (AvgIpc) is 3.09. The molecule has 148 valence electrons. The Labute approximate surface area is 164 Å². The largest absolute Gasteiger partial charge is 0.573 e. The maximum atomic E-state index is 12.5. The van der Waals surface area contributed by atoms with Crippen molar-refractivity contribution >= 4 is 23.2 Å². The fraction of sp³-hybridized carbons (Fsp3) is 0.368. The SMILES string of the molecule is FC(F)(F)Oc1cccc(-c2cnn3ccc(NCC4CCSCC4)nc23)c1. The standard InChI is InChI=1S/C19H19F3N4OS/c20-19(21,22)27-15-3-1-2-14(10-15)16-12-24-26-7-4-17(25-18(16)26)23-11-13-5-8-28-9-6-13/h1-4,7,10,12-13H,5-6,8-9,11H2,(H,23,25). The molecule has 3 heterocycles. The number of halogens is 3. The highest BCUT2D eigenvalue weighted by atomic mass is 32.2. The highest BCUT2D eigenvalue weighted by molar-refractivity contribution is 7.99. The Bertz CT molecular complexity index is 954. The van der Waals surface area contributed by atoms with Gasteiger partial charge in [-0.15, -0.1) is 13.2 Å². The highest BCUT2D eigenvalue weighted by Crippen LogP contribution is 2.30. The summed E-state index contributed by atoms with van der Waals surface area (Å²) in [6, 6.07) is 7.69. The zero-order valence-electron chi connectivity index (χ0n) is 14.9. The maximum Gasteiger partial charge on any atom is 0.573 e. The third kappa shape index (κ3) is 4.52. The second-order valence-corrected chi connectivity index (χ2v) is 7.88. The number of rotatable bonds is 5. The van der Waals surface area contributed by atoms with E-state index in [-0.39, 0.29) is 5.75 Å². The maximum absolute atomic E-state index is 12.5. The van der Waals surface area contributed by atoms with Crippen LogP contribution in [0.5, 0.6) is 5.75 Å². The van der Waals surface area contributed by atoms with Gasteiger partial charge in [0, 0.05) is 18.3 Å². The van der Waals surface area contributed by atoms with E-state index in [1.807, 2.05) is 17.8 Å². The number of ether oxygens (including phenoxy) is 1. The molecule has 2 aromatic heterocycles. The van der Waals surface area contributed by atoms with E-state index in [0.29, 0.717) is 22.7 Å². The van der Waals surface area contributed by atoms with Crippen molar-refractivity contribution in [2.45, 2.75) is 19.2 Å². The first-order valence-electron chi connectivity index (χ1n) is 9.00. The van der Waals surface area contributed by atoms with E-state index in [4.69, 9.17) is 0 Å². The van der Waals surface area contributed by atoms with Crippen LogP contribution in [-0.2, 0) is 0 Å². The third-order valence-electron chi connectivity index (χ3n) is 4.66. The monoisotopic (exact) mass is 408 g/mol. The van der Waals surface area contributed by atoms with Gasteiger partial charge in [0.1, 0.15) is 11.6 Å². The van der Waals surface area contributed by atoms with Crippen molar-refractivity contribution in [1.29, 1.82) is 0 Å². The molecule has 3 aromatic rings. The lowest BCUT2D eigenvalue weighted by Gasteiger charge is -2.21. The van der Waals surface area contributed by atoms with E-state index in [1.54, 1.807) is 23.0 Å². The molecule has 0 saturated carbocycles. The third-order valence-corrected chi connectivity index (χ3v) is 5.71. The van der Waals surface area contributed by atoms with Gasteiger partial charge >= 0.3 is 6.36 Å². The van der Waals surface area contributed by atoms with Crippen LogP contribution < -0.4 is 10.1 Å². The zero-order valence-corrected chi connectivity index (χ0v) is 15.8. The number of nitrogens with zero attached hydrogens (tertiary/aromatic N) is 3. The summed E-state index contributed by atoms with van der Waals surface area (Å²) in [5, 5.41) is 7.63. The minimum Gasteiger partial charge on any atom is -0.406 e. The lowest BCUT2D eigenvalue weighted by molar-refractivity contribution is -0.274. The van der Waals surface area contributed by atoms with Gasteiger partial charge in [-0.25, -0.2) is 9.50 Å². The minimum atomic E-state index is -4.73. The van der Waals surface area contributed by atoms with E-state index >= 15 is 0 Å². The first-order chi connectivity index (χ1) is 13.5. The van der Waals surface area contributed by atoms with Crippen molar-refractivity contribution in [2.75, 3.05) is 23.4 Å².